The van der Waals surface area contributed by atoms with Crippen LogP contribution in [0.1, 0.15) is 5.56 Å². The smallest absolute Gasteiger partial charge is 0.270 e. The number of nitrogens with zero attached hydrogens (tertiary/aromatic N) is 5. The Hall–Kier alpha value is -3.80. The molecule has 0 saturated carbocycles. The lowest BCUT2D eigenvalue weighted by molar-refractivity contribution is 0.775. The van der Waals surface area contributed by atoms with Gasteiger partial charge in [0, 0.05) is 24.8 Å². The van der Waals surface area contributed by atoms with Crippen LogP contribution in [0, 0.1) is 0 Å². The molecule has 0 fully saturated rings. The Morgan fingerprint density at radius 2 is 1.82 bits per heavy atom. The highest BCUT2D eigenvalue weighted by molar-refractivity contribution is 5.84. The normalized spacial score (nSPS) is 11.3. The van der Waals surface area contributed by atoms with Crippen LogP contribution in [0.4, 0.5) is 0 Å². The first-order chi connectivity index (χ1) is 13.7. The first-order valence-corrected chi connectivity index (χ1v) is 9.01. The third-order valence-corrected chi connectivity index (χ3v) is 4.82. The lowest BCUT2D eigenvalue weighted by atomic mass is 10.0. The zero-order valence-corrected chi connectivity index (χ0v) is 15.3. The Balaban J connectivity index is 1.56. The van der Waals surface area contributed by atoms with Crippen molar-refractivity contribution in [3.8, 4) is 11.1 Å². The van der Waals surface area contributed by atoms with Gasteiger partial charge in [0.15, 0.2) is 5.65 Å². The predicted octanol–water partition coefficient (Wildman–Crippen LogP) is 3.39. The van der Waals surface area contributed by atoms with Crippen LogP contribution < -0.4 is 5.56 Å². The molecule has 0 radical (unpaired) electrons. The van der Waals surface area contributed by atoms with Crippen molar-refractivity contribution >= 4 is 22.1 Å². The van der Waals surface area contributed by atoms with Crippen LogP contribution in [0.25, 0.3) is 33.2 Å². The van der Waals surface area contributed by atoms with Crippen molar-refractivity contribution in [2.45, 2.75) is 6.54 Å². The van der Waals surface area contributed by atoms with Crippen molar-refractivity contribution < 1.29 is 0 Å². The van der Waals surface area contributed by atoms with E-state index in [0.29, 0.717) is 17.7 Å². The summed E-state index contributed by atoms with van der Waals surface area (Å²) < 4.78 is 3.48. The first-order valence-electron chi connectivity index (χ1n) is 9.01. The molecule has 0 atom stereocenters. The van der Waals surface area contributed by atoms with Gasteiger partial charge in [0.25, 0.3) is 5.56 Å². The summed E-state index contributed by atoms with van der Waals surface area (Å²) in [6.45, 7) is 0.442. The lowest BCUT2D eigenvalue weighted by Crippen LogP contribution is -2.21. The molecule has 136 valence electrons. The van der Waals surface area contributed by atoms with E-state index in [1.165, 1.54) is 6.20 Å². The van der Waals surface area contributed by atoms with E-state index in [1.807, 2.05) is 48.3 Å². The zero-order chi connectivity index (χ0) is 19.1. The van der Waals surface area contributed by atoms with E-state index in [4.69, 9.17) is 0 Å². The van der Waals surface area contributed by atoms with Crippen molar-refractivity contribution in [3.63, 3.8) is 0 Å². The van der Waals surface area contributed by atoms with Gasteiger partial charge in [-0.3, -0.25) is 14.0 Å². The van der Waals surface area contributed by atoms with Crippen molar-refractivity contribution in [1.82, 2.24) is 24.3 Å². The van der Waals surface area contributed by atoms with Gasteiger partial charge < -0.3 is 0 Å². The van der Waals surface area contributed by atoms with E-state index in [-0.39, 0.29) is 5.56 Å². The van der Waals surface area contributed by atoms with Gasteiger partial charge in [0.2, 0.25) is 0 Å². The summed E-state index contributed by atoms with van der Waals surface area (Å²) >= 11 is 0. The number of hydrogen-bond donors (Lipinski definition) is 0. The molecule has 0 unspecified atom stereocenters. The van der Waals surface area contributed by atoms with E-state index in [0.717, 1.165) is 27.6 Å². The van der Waals surface area contributed by atoms with Gasteiger partial charge in [-0.15, -0.1) is 0 Å². The molecule has 5 aromatic rings. The van der Waals surface area contributed by atoms with Gasteiger partial charge in [-0.1, -0.05) is 24.3 Å². The molecular weight excluding hydrogens is 350 g/mol. The van der Waals surface area contributed by atoms with Crippen LogP contribution in [0.5, 0.6) is 0 Å². The first kappa shape index (κ1) is 16.4. The van der Waals surface area contributed by atoms with Crippen LogP contribution in [0.15, 0.2) is 78.0 Å². The Morgan fingerprint density at radius 1 is 0.929 bits per heavy atom. The molecule has 3 aromatic heterocycles. The average Bonchev–Trinajstić information content (AvgIpc) is 3.09. The number of pyridine rings is 1. The molecule has 0 spiro atoms. The molecule has 0 bridgehead atoms. The highest BCUT2D eigenvalue weighted by Gasteiger charge is 2.08. The SMILES string of the molecule is Cn1cc2cc(-c3cccc(Cn4c(=O)cnc5cccnc54)c3)ccc2n1. The molecule has 0 amide bonds. The van der Waals surface area contributed by atoms with Crippen LogP contribution in [-0.4, -0.2) is 24.3 Å². The maximum absolute atomic E-state index is 12.4. The van der Waals surface area contributed by atoms with Crippen molar-refractivity contribution in [1.29, 1.82) is 0 Å². The van der Waals surface area contributed by atoms with Crippen molar-refractivity contribution in [3.05, 3.63) is 89.1 Å². The summed E-state index contributed by atoms with van der Waals surface area (Å²) in [5.74, 6) is 0. The fraction of sp³-hybridized carbons (Fsp3) is 0.0909. The highest BCUT2D eigenvalue weighted by atomic mass is 16.1. The Labute approximate surface area is 160 Å². The quantitative estimate of drug-likeness (QED) is 0.490. The monoisotopic (exact) mass is 367 g/mol. The standard InChI is InChI=1S/C22H17N5O/c1-26-14-18-11-17(7-8-19(18)25-26)16-5-2-4-15(10-16)13-27-21(28)12-24-20-6-3-9-23-22(20)27/h2-12,14H,13H2,1H3. The third kappa shape index (κ3) is 2.85. The largest absolute Gasteiger partial charge is 0.286 e. The second-order valence-electron chi connectivity index (χ2n) is 6.81. The molecule has 28 heavy (non-hydrogen) atoms. The number of benzene rings is 2. The Bertz CT molecular complexity index is 1380. The maximum Gasteiger partial charge on any atom is 0.270 e. The van der Waals surface area contributed by atoms with Gasteiger partial charge in [0.1, 0.15) is 5.52 Å². The van der Waals surface area contributed by atoms with Crippen molar-refractivity contribution in [2.24, 2.45) is 7.05 Å². The van der Waals surface area contributed by atoms with E-state index >= 15 is 0 Å². The van der Waals surface area contributed by atoms with Crippen LogP contribution in [0.3, 0.4) is 0 Å². The number of fused-ring (bicyclic) bond motifs is 2. The molecule has 0 N–H and O–H groups in total. The number of aryl methyl sites for hydroxylation is 1. The average molecular weight is 367 g/mol. The molecule has 0 aliphatic carbocycles. The van der Waals surface area contributed by atoms with Gasteiger partial charge in [-0.05, 0) is 47.0 Å². The molecule has 3 heterocycles. The predicted molar refractivity (Wildman–Crippen MR) is 109 cm³/mol. The van der Waals surface area contributed by atoms with E-state index < -0.39 is 0 Å². The van der Waals surface area contributed by atoms with Gasteiger partial charge >= 0.3 is 0 Å². The topological polar surface area (TPSA) is 65.6 Å². The highest BCUT2D eigenvalue weighted by Crippen LogP contribution is 2.25. The van der Waals surface area contributed by atoms with Gasteiger partial charge in [-0.2, -0.15) is 5.10 Å². The minimum Gasteiger partial charge on any atom is -0.286 e. The summed E-state index contributed by atoms with van der Waals surface area (Å²) in [6.07, 6.45) is 5.04. The Kier molecular flexibility index (Phi) is 3.76. The second-order valence-corrected chi connectivity index (χ2v) is 6.81. The van der Waals surface area contributed by atoms with Crippen molar-refractivity contribution in [2.75, 3.05) is 0 Å². The van der Waals surface area contributed by atoms with Gasteiger partial charge in [0.05, 0.1) is 18.3 Å². The van der Waals surface area contributed by atoms with Crippen LogP contribution in [0.2, 0.25) is 0 Å². The van der Waals surface area contributed by atoms with Crippen LogP contribution in [-0.2, 0) is 13.6 Å². The molecule has 0 aliphatic heterocycles. The minimum absolute atomic E-state index is 0.159. The molecule has 2 aromatic carbocycles. The molecule has 0 aliphatic rings. The number of aromatic nitrogens is 5. The van der Waals surface area contributed by atoms with E-state index in [2.05, 4.69) is 39.3 Å². The fourth-order valence-corrected chi connectivity index (χ4v) is 3.51. The summed E-state index contributed by atoms with van der Waals surface area (Å²) in [4.78, 5) is 20.9. The maximum atomic E-state index is 12.4. The molecule has 6 heteroatoms. The van der Waals surface area contributed by atoms with Crippen LogP contribution >= 0.6 is 0 Å². The Morgan fingerprint density at radius 3 is 2.75 bits per heavy atom. The number of rotatable bonds is 3. The number of hydrogen-bond acceptors (Lipinski definition) is 4. The lowest BCUT2D eigenvalue weighted by Gasteiger charge is -2.10. The zero-order valence-electron chi connectivity index (χ0n) is 15.3. The summed E-state index contributed by atoms with van der Waals surface area (Å²) in [5.41, 5.74) is 5.37. The molecule has 6 nitrogen and oxygen atoms in total. The fourth-order valence-electron chi connectivity index (χ4n) is 3.51. The van der Waals surface area contributed by atoms with E-state index in [9.17, 15) is 4.79 Å². The van der Waals surface area contributed by atoms with E-state index in [1.54, 1.807) is 10.8 Å². The summed E-state index contributed by atoms with van der Waals surface area (Å²) in [5, 5.41) is 5.53. The molecular formula is C22H17N5O. The minimum atomic E-state index is -0.159. The van der Waals surface area contributed by atoms with Gasteiger partial charge in [-0.25, -0.2) is 9.97 Å². The summed E-state index contributed by atoms with van der Waals surface area (Å²) in [7, 11) is 1.92. The second kappa shape index (κ2) is 6.42. The third-order valence-electron chi connectivity index (χ3n) is 4.82. The molecule has 5 rings (SSSR count). The summed E-state index contributed by atoms with van der Waals surface area (Å²) in [6, 6.07) is 18.1. The molecule has 0 saturated heterocycles.